The fourth-order valence-corrected chi connectivity index (χ4v) is 4.29. The van der Waals surface area contributed by atoms with Crippen LogP contribution < -0.4 is 9.47 Å². The molecule has 0 unspecified atom stereocenters. The van der Waals surface area contributed by atoms with Gasteiger partial charge in [0.25, 0.3) is 0 Å². The predicted molar refractivity (Wildman–Crippen MR) is 123 cm³/mol. The smallest absolute Gasteiger partial charge is 0.306 e. The molecule has 172 valence electrons. The Morgan fingerprint density at radius 2 is 1.36 bits per heavy atom. The minimum absolute atomic E-state index is 0.129. The first-order chi connectivity index (χ1) is 16.1. The van der Waals surface area contributed by atoms with E-state index in [4.69, 9.17) is 18.9 Å². The topological polar surface area (TPSA) is 74.2 Å². The van der Waals surface area contributed by atoms with Crippen molar-refractivity contribution in [3.63, 3.8) is 0 Å². The summed E-state index contributed by atoms with van der Waals surface area (Å²) in [5.74, 6) is 0.862. The van der Waals surface area contributed by atoms with E-state index in [0.29, 0.717) is 0 Å². The second kappa shape index (κ2) is 10.1. The Morgan fingerprint density at radius 1 is 0.848 bits per heavy atom. The van der Waals surface area contributed by atoms with Crippen LogP contribution in [0, 0.1) is 5.92 Å². The fraction of sp³-hybridized carbons (Fsp3) is 0.296. The molecule has 0 aliphatic carbocycles. The molecule has 1 heterocycles. The number of ether oxygens (including phenoxy) is 4. The highest BCUT2D eigenvalue weighted by molar-refractivity contribution is 5.72. The molecular weight excluding hydrogens is 420 g/mol. The maximum Gasteiger partial charge on any atom is 0.306 e. The summed E-state index contributed by atoms with van der Waals surface area (Å²) in [5.41, 5.74) is 1.72. The van der Waals surface area contributed by atoms with E-state index < -0.39 is 11.7 Å². The van der Waals surface area contributed by atoms with Crippen LogP contribution in [0.15, 0.2) is 78.9 Å². The van der Waals surface area contributed by atoms with Crippen molar-refractivity contribution in [2.75, 3.05) is 27.4 Å². The molecule has 33 heavy (non-hydrogen) atoms. The SMILES string of the molecule is COc1ccc(C(OC[C@H]2OC(=O)C[C@@H]2CO)(c2ccccc2)c2ccc(OC)cc2)cc1. The molecule has 3 aromatic carbocycles. The lowest BCUT2D eigenvalue weighted by atomic mass is 9.80. The molecule has 1 N–H and O–H groups in total. The molecule has 1 saturated heterocycles. The first-order valence-electron chi connectivity index (χ1n) is 10.9. The van der Waals surface area contributed by atoms with Crippen molar-refractivity contribution in [3.8, 4) is 11.5 Å². The van der Waals surface area contributed by atoms with Gasteiger partial charge in [0, 0.05) is 5.92 Å². The van der Waals surface area contributed by atoms with E-state index in [0.717, 1.165) is 28.2 Å². The Bertz CT molecular complexity index is 999. The monoisotopic (exact) mass is 448 g/mol. The summed E-state index contributed by atoms with van der Waals surface area (Å²) in [6.45, 7) is -0.00685. The van der Waals surface area contributed by atoms with Gasteiger partial charge in [-0.2, -0.15) is 0 Å². The largest absolute Gasteiger partial charge is 0.497 e. The second-order valence-corrected chi connectivity index (χ2v) is 7.99. The van der Waals surface area contributed by atoms with Gasteiger partial charge < -0.3 is 24.1 Å². The molecule has 0 amide bonds. The van der Waals surface area contributed by atoms with E-state index in [1.807, 2.05) is 78.9 Å². The standard InChI is InChI=1S/C27H28O6/c1-30-23-12-8-21(9-13-23)27(20-6-4-3-5-7-20,22-10-14-24(31-2)15-11-22)32-18-25-19(17-28)16-26(29)33-25/h3-15,19,25,28H,16-18H2,1-2H3/t19-,25-/m1/s1. The van der Waals surface area contributed by atoms with E-state index in [2.05, 4.69) is 0 Å². The first kappa shape index (κ1) is 22.8. The quantitative estimate of drug-likeness (QED) is 0.395. The zero-order valence-electron chi connectivity index (χ0n) is 18.8. The Morgan fingerprint density at radius 3 is 1.85 bits per heavy atom. The maximum atomic E-state index is 11.9. The van der Waals surface area contributed by atoms with Crippen LogP contribution in [0.2, 0.25) is 0 Å². The third-order valence-electron chi connectivity index (χ3n) is 6.11. The molecule has 0 saturated carbocycles. The number of hydrogen-bond acceptors (Lipinski definition) is 6. The van der Waals surface area contributed by atoms with Crippen molar-refractivity contribution >= 4 is 5.97 Å². The zero-order chi connectivity index (χ0) is 23.3. The number of esters is 1. The highest BCUT2D eigenvalue weighted by Crippen LogP contribution is 2.42. The second-order valence-electron chi connectivity index (χ2n) is 7.99. The van der Waals surface area contributed by atoms with Crippen LogP contribution in [-0.2, 0) is 19.9 Å². The Balaban J connectivity index is 1.84. The number of benzene rings is 3. The van der Waals surface area contributed by atoms with E-state index in [1.54, 1.807) is 14.2 Å². The van der Waals surface area contributed by atoms with Gasteiger partial charge in [-0.25, -0.2) is 0 Å². The lowest BCUT2D eigenvalue weighted by Crippen LogP contribution is -2.37. The fourth-order valence-electron chi connectivity index (χ4n) is 4.29. The van der Waals surface area contributed by atoms with E-state index in [9.17, 15) is 9.90 Å². The highest BCUT2D eigenvalue weighted by Gasteiger charge is 2.41. The lowest BCUT2D eigenvalue weighted by molar-refractivity contribution is -0.145. The van der Waals surface area contributed by atoms with Crippen molar-refractivity contribution in [1.82, 2.24) is 0 Å². The summed E-state index contributed by atoms with van der Waals surface area (Å²) in [7, 11) is 3.26. The molecule has 1 aliphatic heterocycles. The normalized spacial score (nSPS) is 18.1. The van der Waals surface area contributed by atoms with Crippen LogP contribution in [0.4, 0.5) is 0 Å². The maximum absolute atomic E-state index is 11.9. The molecule has 0 aromatic heterocycles. The third kappa shape index (κ3) is 4.58. The summed E-state index contributed by atoms with van der Waals surface area (Å²) in [6.07, 6.45) is -0.337. The summed E-state index contributed by atoms with van der Waals surface area (Å²) >= 11 is 0. The number of cyclic esters (lactones) is 1. The van der Waals surface area contributed by atoms with E-state index in [1.165, 1.54) is 0 Å². The first-order valence-corrected chi connectivity index (χ1v) is 10.9. The van der Waals surface area contributed by atoms with Gasteiger partial charge in [0.2, 0.25) is 0 Å². The third-order valence-corrected chi connectivity index (χ3v) is 6.11. The van der Waals surface area contributed by atoms with Crippen LogP contribution in [-0.4, -0.2) is 44.6 Å². The van der Waals surface area contributed by atoms with Gasteiger partial charge in [-0.3, -0.25) is 4.79 Å². The number of aliphatic hydroxyl groups is 1. The molecule has 1 aliphatic rings. The van der Waals surface area contributed by atoms with Crippen LogP contribution >= 0.6 is 0 Å². The number of methoxy groups -OCH3 is 2. The molecule has 2 atom stereocenters. The Hall–Kier alpha value is -3.35. The molecule has 3 aromatic rings. The molecule has 1 fully saturated rings. The van der Waals surface area contributed by atoms with Crippen LogP contribution in [0.3, 0.4) is 0 Å². The Labute approximate surface area is 193 Å². The van der Waals surface area contributed by atoms with Gasteiger partial charge in [0.15, 0.2) is 0 Å². The summed E-state index contributed by atoms with van der Waals surface area (Å²) in [5, 5.41) is 9.73. The summed E-state index contributed by atoms with van der Waals surface area (Å²) in [6, 6.07) is 25.4. The highest BCUT2D eigenvalue weighted by atomic mass is 16.6. The summed E-state index contributed by atoms with van der Waals surface area (Å²) < 4.78 is 22.9. The van der Waals surface area contributed by atoms with Crippen molar-refractivity contribution in [3.05, 3.63) is 95.6 Å². The number of carbonyl (C=O) groups excluding carboxylic acids is 1. The van der Waals surface area contributed by atoms with Crippen molar-refractivity contribution in [2.24, 2.45) is 5.92 Å². The molecule has 0 spiro atoms. The Kier molecular flexibility index (Phi) is 6.96. The van der Waals surface area contributed by atoms with Crippen molar-refractivity contribution in [1.29, 1.82) is 0 Å². The number of aliphatic hydroxyl groups excluding tert-OH is 1. The lowest BCUT2D eigenvalue weighted by Gasteiger charge is -2.37. The van der Waals surface area contributed by atoms with Gasteiger partial charge in [-0.05, 0) is 41.0 Å². The minimum Gasteiger partial charge on any atom is -0.497 e. The molecular formula is C27H28O6. The zero-order valence-corrected chi connectivity index (χ0v) is 18.8. The van der Waals surface area contributed by atoms with E-state index in [-0.39, 0.29) is 31.5 Å². The molecule has 0 radical (unpaired) electrons. The minimum atomic E-state index is -0.991. The van der Waals surface area contributed by atoms with Crippen molar-refractivity contribution in [2.45, 2.75) is 18.1 Å². The van der Waals surface area contributed by atoms with Crippen LogP contribution in [0.1, 0.15) is 23.1 Å². The predicted octanol–water partition coefficient (Wildman–Crippen LogP) is 3.94. The van der Waals surface area contributed by atoms with Gasteiger partial charge in [-0.15, -0.1) is 0 Å². The van der Waals surface area contributed by atoms with Gasteiger partial charge >= 0.3 is 5.97 Å². The van der Waals surface area contributed by atoms with Crippen LogP contribution in [0.5, 0.6) is 11.5 Å². The van der Waals surface area contributed by atoms with E-state index >= 15 is 0 Å². The van der Waals surface area contributed by atoms with Gasteiger partial charge in [0.05, 0.1) is 33.9 Å². The molecule has 4 rings (SSSR count). The van der Waals surface area contributed by atoms with Crippen LogP contribution in [0.25, 0.3) is 0 Å². The molecule has 0 bridgehead atoms. The number of hydrogen-bond donors (Lipinski definition) is 1. The van der Waals surface area contributed by atoms with Gasteiger partial charge in [0.1, 0.15) is 23.2 Å². The molecule has 6 heteroatoms. The summed E-state index contributed by atoms with van der Waals surface area (Å²) in [4.78, 5) is 11.9. The average molecular weight is 449 g/mol. The van der Waals surface area contributed by atoms with Gasteiger partial charge in [-0.1, -0.05) is 54.6 Å². The van der Waals surface area contributed by atoms with Crippen molar-refractivity contribution < 1.29 is 28.8 Å². The average Bonchev–Trinajstić information content (AvgIpc) is 3.25. The number of carbonyl (C=O) groups is 1. The molecule has 6 nitrogen and oxygen atoms in total. The number of rotatable bonds is 9.